The maximum absolute atomic E-state index is 12.1. The number of hydrogen-bond acceptors (Lipinski definition) is 4. The minimum Gasteiger partial charge on any atom is -0.481 e. The number of aryl methyl sites for hydroxylation is 1. The predicted molar refractivity (Wildman–Crippen MR) is 76.2 cm³/mol. The number of nitrogens with zero attached hydrogens (tertiary/aromatic N) is 1. The van der Waals surface area contributed by atoms with Gasteiger partial charge in [-0.2, -0.15) is 0 Å². The third kappa shape index (κ3) is 5.21. The molecule has 1 aromatic rings. The molecule has 1 atom stereocenters. The molecule has 1 aromatic carbocycles. The zero-order valence-corrected chi connectivity index (χ0v) is 12.0. The van der Waals surface area contributed by atoms with Gasteiger partial charge in [0.05, 0.1) is 4.92 Å². The number of carbonyl (C=O) groups excluding carboxylic acids is 1. The lowest BCUT2D eigenvalue weighted by atomic mass is 10.1. The number of nitro groups is 1. The number of non-ortho nitro benzene ring substituents is 1. The Kier molecular flexibility index (Phi) is 5.83. The summed E-state index contributed by atoms with van der Waals surface area (Å²) in [5.74, 6) is -1.26. The first kappa shape index (κ1) is 16.6. The van der Waals surface area contributed by atoms with E-state index < -0.39 is 10.9 Å². The Bertz CT molecular complexity index is 556. The molecule has 1 rings (SSSR count). The van der Waals surface area contributed by atoms with Crippen LogP contribution in [0.5, 0.6) is 0 Å². The Hall–Kier alpha value is -2.44. The van der Waals surface area contributed by atoms with Gasteiger partial charge in [0.25, 0.3) is 11.6 Å². The normalized spacial score (nSPS) is 11.7. The molecule has 0 aliphatic carbocycles. The van der Waals surface area contributed by atoms with Crippen molar-refractivity contribution in [2.75, 3.05) is 0 Å². The van der Waals surface area contributed by atoms with Crippen LogP contribution in [0.15, 0.2) is 18.2 Å². The highest BCUT2D eigenvalue weighted by Gasteiger charge is 2.16. The molecule has 7 heteroatoms. The van der Waals surface area contributed by atoms with Crippen LogP contribution in [0.3, 0.4) is 0 Å². The van der Waals surface area contributed by atoms with Crippen LogP contribution in [0.4, 0.5) is 5.69 Å². The number of aliphatic carboxylic acids is 1. The molecule has 0 saturated carbocycles. The van der Waals surface area contributed by atoms with Crippen LogP contribution in [0.25, 0.3) is 0 Å². The van der Waals surface area contributed by atoms with Crippen LogP contribution in [0.2, 0.25) is 0 Å². The lowest BCUT2D eigenvalue weighted by Crippen LogP contribution is -2.33. The van der Waals surface area contributed by atoms with Gasteiger partial charge in [-0.25, -0.2) is 0 Å². The molecule has 0 spiro atoms. The van der Waals surface area contributed by atoms with Crippen LogP contribution in [-0.4, -0.2) is 27.9 Å². The second kappa shape index (κ2) is 7.37. The summed E-state index contributed by atoms with van der Waals surface area (Å²) in [5.41, 5.74) is 0.773. The zero-order chi connectivity index (χ0) is 16.0. The molecule has 0 saturated heterocycles. The van der Waals surface area contributed by atoms with Gasteiger partial charge in [0.1, 0.15) is 0 Å². The van der Waals surface area contributed by atoms with Gasteiger partial charge >= 0.3 is 5.97 Å². The minimum absolute atomic E-state index is 0.0516. The molecule has 0 radical (unpaired) electrons. The van der Waals surface area contributed by atoms with Crippen molar-refractivity contribution in [2.24, 2.45) is 0 Å². The molecule has 7 nitrogen and oxygen atoms in total. The molecule has 2 N–H and O–H groups in total. The van der Waals surface area contributed by atoms with E-state index in [4.69, 9.17) is 5.11 Å². The van der Waals surface area contributed by atoms with Crippen LogP contribution in [0, 0.1) is 17.0 Å². The quantitative estimate of drug-likeness (QED) is 0.592. The number of carboxylic acids is 1. The van der Waals surface area contributed by atoms with Crippen molar-refractivity contribution in [3.05, 3.63) is 39.4 Å². The van der Waals surface area contributed by atoms with E-state index in [0.717, 1.165) is 0 Å². The second-order valence-electron chi connectivity index (χ2n) is 4.92. The Labute approximate surface area is 122 Å². The van der Waals surface area contributed by atoms with E-state index in [2.05, 4.69) is 5.32 Å². The Morgan fingerprint density at radius 2 is 2.10 bits per heavy atom. The number of nitrogens with one attached hydrogen (secondary N) is 1. The van der Waals surface area contributed by atoms with Crippen LogP contribution < -0.4 is 5.32 Å². The summed E-state index contributed by atoms with van der Waals surface area (Å²) in [5, 5.41) is 22.0. The Morgan fingerprint density at radius 3 is 2.67 bits per heavy atom. The summed E-state index contributed by atoms with van der Waals surface area (Å²) < 4.78 is 0. The highest BCUT2D eigenvalue weighted by molar-refractivity contribution is 5.96. The Morgan fingerprint density at radius 1 is 1.43 bits per heavy atom. The Balaban J connectivity index is 2.68. The van der Waals surface area contributed by atoms with Crippen LogP contribution in [0.1, 0.15) is 42.1 Å². The summed E-state index contributed by atoms with van der Waals surface area (Å²) in [7, 11) is 0. The standard InChI is InChI=1S/C14H18N2O5/c1-9-6-7-11(16(20)21)8-12(9)14(19)15-10(2)4-3-5-13(17)18/h6-8,10H,3-5H2,1-2H3,(H,15,19)(H,17,18). The van der Waals surface area contributed by atoms with E-state index in [1.165, 1.54) is 18.2 Å². The topological polar surface area (TPSA) is 110 Å². The largest absolute Gasteiger partial charge is 0.481 e. The summed E-state index contributed by atoms with van der Waals surface area (Å²) in [4.78, 5) is 32.7. The number of amides is 1. The molecule has 0 aromatic heterocycles. The van der Waals surface area contributed by atoms with Crippen molar-refractivity contribution < 1.29 is 19.6 Å². The molecule has 0 aliphatic heterocycles. The van der Waals surface area contributed by atoms with Crippen molar-refractivity contribution in [2.45, 2.75) is 39.2 Å². The van der Waals surface area contributed by atoms with E-state index in [9.17, 15) is 19.7 Å². The van der Waals surface area contributed by atoms with Crippen molar-refractivity contribution in [1.29, 1.82) is 0 Å². The van der Waals surface area contributed by atoms with E-state index in [1.807, 2.05) is 0 Å². The third-order valence-electron chi connectivity index (χ3n) is 3.08. The summed E-state index contributed by atoms with van der Waals surface area (Å²) in [6.45, 7) is 3.47. The van der Waals surface area contributed by atoms with Crippen LogP contribution >= 0.6 is 0 Å². The van der Waals surface area contributed by atoms with E-state index in [0.29, 0.717) is 18.4 Å². The van der Waals surface area contributed by atoms with E-state index in [-0.39, 0.29) is 29.6 Å². The number of carbonyl (C=O) groups is 2. The fourth-order valence-corrected chi connectivity index (χ4v) is 1.90. The van der Waals surface area contributed by atoms with Crippen LogP contribution in [-0.2, 0) is 4.79 Å². The predicted octanol–water partition coefficient (Wildman–Crippen LogP) is 2.28. The summed E-state index contributed by atoms with van der Waals surface area (Å²) in [6.07, 6.45) is 1.05. The van der Waals surface area contributed by atoms with Gasteiger partial charge in [0.15, 0.2) is 0 Å². The van der Waals surface area contributed by atoms with Gasteiger partial charge in [0, 0.05) is 30.2 Å². The second-order valence-corrected chi connectivity index (χ2v) is 4.92. The van der Waals surface area contributed by atoms with Gasteiger partial charge in [-0.15, -0.1) is 0 Å². The van der Waals surface area contributed by atoms with E-state index >= 15 is 0 Å². The third-order valence-corrected chi connectivity index (χ3v) is 3.08. The number of rotatable bonds is 7. The average molecular weight is 294 g/mol. The van der Waals surface area contributed by atoms with Gasteiger partial charge in [-0.1, -0.05) is 6.07 Å². The van der Waals surface area contributed by atoms with Crippen molar-refractivity contribution in [3.63, 3.8) is 0 Å². The molecule has 21 heavy (non-hydrogen) atoms. The molecule has 0 bridgehead atoms. The highest BCUT2D eigenvalue weighted by atomic mass is 16.6. The first-order valence-corrected chi connectivity index (χ1v) is 6.59. The molecule has 0 fully saturated rings. The molecule has 1 amide bonds. The smallest absolute Gasteiger partial charge is 0.303 e. The molecule has 114 valence electrons. The lowest BCUT2D eigenvalue weighted by Gasteiger charge is -2.14. The van der Waals surface area contributed by atoms with Gasteiger partial charge in [-0.05, 0) is 32.3 Å². The first-order valence-electron chi connectivity index (χ1n) is 6.59. The summed E-state index contributed by atoms with van der Waals surface area (Å²) in [6, 6.07) is 3.93. The summed E-state index contributed by atoms with van der Waals surface area (Å²) >= 11 is 0. The monoisotopic (exact) mass is 294 g/mol. The van der Waals surface area contributed by atoms with Crippen molar-refractivity contribution in [1.82, 2.24) is 5.32 Å². The molecular weight excluding hydrogens is 276 g/mol. The zero-order valence-electron chi connectivity index (χ0n) is 12.0. The van der Waals surface area contributed by atoms with Gasteiger partial charge in [-0.3, -0.25) is 19.7 Å². The number of carboxylic acid groups (broad SMARTS) is 1. The molecule has 0 aliphatic rings. The maximum atomic E-state index is 12.1. The fourth-order valence-electron chi connectivity index (χ4n) is 1.90. The van der Waals surface area contributed by atoms with Crippen molar-refractivity contribution >= 4 is 17.6 Å². The van der Waals surface area contributed by atoms with Gasteiger partial charge in [0.2, 0.25) is 0 Å². The average Bonchev–Trinajstić information content (AvgIpc) is 2.38. The number of hydrogen-bond donors (Lipinski definition) is 2. The van der Waals surface area contributed by atoms with E-state index in [1.54, 1.807) is 13.8 Å². The van der Waals surface area contributed by atoms with Gasteiger partial charge < -0.3 is 10.4 Å². The maximum Gasteiger partial charge on any atom is 0.303 e. The first-order chi connectivity index (χ1) is 9.81. The highest BCUT2D eigenvalue weighted by Crippen LogP contribution is 2.17. The lowest BCUT2D eigenvalue weighted by molar-refractivity contribution is -0.384. The molecule has 0 heterocycles. The molecular formula is C14H18N2O5. The minimum atomic E-state index is -0.872. The van der Waals surface area contributed by atoms with Crippen molar-refractivity contribution in [3.8, 4) is 0 Å². The number of benzene rings is 1. The SMILES string of the molecule is Cc1ccc([N+](=O)[O-])cc1C(=O)NC(C)CCCC(=O)O. The number of nitro benzene ring substituents is 1. The fraction of sp³-hybridized carbons (Fsp3) is 0.429. The molecule has 1 unspecified atom stereocenters.